The van der Waals surface area contributed by atoms with Crippen molar-refractivity contribution < 1.29 is 9.18 Å². The molecule has 152 valence electrons. The summed E-state index contributed by atoms with van der Waals surface area (Å²) in [5, 5.41) is 11.1. The van der Waals surface area contributed by atoms with Gasteiger partial charge >= 0.3 is 0 Å². The zero-order valence-corrected chi connectivity index (χ0v) is 16.5. The first-order valence-electron chi connectivity index (χ1n) is 9.73. The molecule has 0 saturated heterocycles. The van der Waals surface area contributed by atoms with Gasteiger partial charge in [-0.05, 0) is 56.0 Å². The molecule has 8 heteroatoms. The summed E-state index contributed by atoms with van der Waals surface area (Å²) in [6, 6.07) is 9.32. The molecule has 4 rings (SSSR count). The fraction of sp³-hybridized carbons (Fsp3) is 0.227. The smallest absolute Gasteiger partial charge is 0.273 e. The van der Waals surface area contributed by atoms with Crippen molar-refractivity contribution >= 4 is 17.8 Å². The first-order chi connectivity index (χ1) is 14.6. The van der Waals surface area contributed by atoms with Crippen LogP contribution in [-0.4, -0.2) is 31.9 Å². The monoisotopic (exact) mass is 404 g/mol. The van der Waals surface area contributed by atoms with Crippen molar-refractivity contribution in [1.29, 1.82) is 0 Å². The molecule has 30 heavy (non-hydrogen) atoms. The van der Waals surface area contributed by atoms with Gasteiger partial charge in [0.25, 0.3) is 5.91 Å². The molecular formula is C22H21FN6O. The van der Waals surface area contributed by atoms with Crippen molar-refractivity contribution in [1.82, 2.24) is 19.7 Å². The van der Waals surface area contributed by atoms with Crippen LogP contribution < -0.4 is 5.32 Å². The highest BCUT2D eigenvalue weighted by Crippen LogP contribution is 2.37. The van der Waals surface area contributed by atoms with Crippen LogP contribution in [0.4, 0.5) is 10.1 Å². The maximum Gasteiger partial charge on any atom is 0.273 e. The minimum absolute atomic E-state index is 0.244. The Morgan fingerprint density at radius 2 is 2.20 bits per heavy atom. The van der Waals surface area contributed by atoms with Crippen LogP contribution >= 0.6 is 0 Å². The largest absolute Gasteiger partial charge is 0.321 e. The second kappa shape index (κ2) is 8.77. The molecule has 1 aliphatic carbocycles. The summed E-state index contributed by atoms with van der Waals surface area (Å²) in [7, 11) is 0. The Morgan fingerprint density at radius 3 is 2.97 bits per heavy atom. The molecule has 2 aromatic heterocycles. The van der Waals surface area contributed by atoms with E-state index in [4.69, 9.17) is 0 Å². The second-order valence-electron chi connectivity index (χ2n) is 7.02. The van der Waals surface area contributed by atoms with Gasteiger partial charge in [-0.1, -0.05) is 12.1 Å². The van der Waals surface area contributed by atoms with Gasteiger partial charge in [-0.3, -0.25) is 14.8 Å². The lowest BCUT2D eigenvalue weighted by Gasteiger charge is -2.09. The molecule has 1 amide bonds. The van der Waals surface area contributed by atoms with Gasteiger partial charge in [0.2, 0.25) is 0 Å². The van der Waals surface area contributed by atoms with E-state index in [-0.39, 0.29) is 11.6 Å². The highest BCUT2D eigenvalue weighted by atomic mass is 19.1. The first-order valence-corrected chi connectivity index (χ1v) is 9.73. The van der Waals surface area contributed by atoms with Crippen LogP contribution in [-0.2, 0) is 11.2 Å². The van der Waals surface area contributed by atoms with E-state index in [9.17, 15) is 9.18 Å². The molecule has 0 spiro atoms. The number of aromatic nitrogens is 4. The van der Waals surface area contributed by atoms with E-state index in [1.807, 2.05) is 24.3 Å². The lowest BCUT2D eigenvalue weighted by Crippen LogP contribution is -2.14. The zero-order chi connectivity index (χ0) is 20.9. The molecule has 1 aromatic carbocycles. The van der Waals surface area contributed by atoms with Crippen molar-refractivity contribution in [2.45, 2.75) is 32.2 Å². The molecule has 0 unspecified atom stereocenters. The maximum absolute atomic E-state index is 13.3. The van der Waals surface area contributed by atoms with E-state index in [0.717, 1.165) is 30.4 Å². The highest BCUT2D eigenvalue weighted by molar-refractivity contribution is 6.04. The van der Waals surface area contributed by atoms with E-state index >= 15 is 0 Å². The van der Waals surface area contributed by atoms with Gasteiger partial charge in [0.1, 0.15) is 17.8 Å². The number of pyridine rings is 1. The van der Waals surface area contributed by atoms with Crippen LogP contribution in [0.5, 0.6) is 0 Å². The summed E-state index contributed by atoms with van der Waals surface area (Å²) >= 11 is 0. The molecule has 1 fully saturated rings. The van der Waals surface area contributed by atoms with Crippen molar-refractivity contribution in [3.05, 3.63) is 72.2 Å². The molecule has 0 radical (unpaired) electrons. The molecule has 0 aliphatic heterocycles. The van der Waals surface area contributed by atoms with Crippen molar-refractivity contribution in [3.63, 3.8) is 0 Å². The Morgan fingerprint density at radius 1 is 1.33 bits per heavy atom. The fourth-order valence-corrected chi connectivity index (χ4v) is 3.13. The molecule has 7 nitrogen and oxygen atoms in total. The van der Waals surface area contributed by atoms with E-state index in [0.29, 0.717) is 23.7 Å². The van der Waals surface area contributed by atoms with E-state index < -0.39 is 5.82 Å². The van der Waals surface area contributed by atoms with Crippen LogP contribution in [0.25, 0.3) is 11.4 Å². The van der Waals surface area contributed by atoms with Crippen LogP contribution in [0.2, 0.25) is 0 Å². The number of hydrogen-bond donors (Lipinski definition) is 1. The normalized spacial score (nSPS) is 14.3. The number of nitrogens with one attached hydrogen (secondary N) is 1. The lowest BCUT2D eigenvalue weighted by molar-refractivity contribution is -0.112. The van der Waals surface area contributed by atoms with Crippen LogP contribution in [0.1, 0.15) is 31.4 Å². The number of carbonyl (C=O) groups excluding carboxylic acids is 1. The molecular weight excluding hydrogens is 383 g/mol. The molecule has 0 bridgehead atoms. The highest BCUT2D eigenvalue weighted by Gasteiger charge is 2.26. The standard InChI is InChI=1S/C22H21FN6O/c1-2-25-20(9-6-15-10-17(23)13-24-12-15)22(30)27-18-5-3-4-16(11-18)21-28-26-14-29(21)19-7-8-19/h2-5,9-14,19H,6-8H2,1H3,(H,27,30)/b20-9-,25-2?. The maximum atomic E-state index is 13.3. The van der Waals surface area contributed by atoms with Crippen LogP contribution in [0, 0.1) is 5.82 Å². The average Bonchev–Trinajstić information content (AvgIpc) is 3.47. The van der Waals surface area contributed by atoms with Gasteiger partial charge in [0.15, 0.2) is 5.82 Å². The number of allylic oxidation sites excluding steroid dienone is 1. The third-order valence-corrected chi connectivity index (χ3v) is 4.69. The summed E-state index contributed by atoms with van der Waals surface area (Å²) in [5.41, 5.74) is 2.42. The predicted molar refractivity (Wildman–Crippen MR) is 113 cm³/mol. The molecule has 0 atom stereocenters. The van der Waals surface area contributed by atoms with Crippen molar-refractivity contribution in [3.8, 4) is 11.4 Å². The SMILES string of the molecule is CC=N/C(=C\Cc1cncc(F)c1)C(=O)Nc1cccc(-c2nncn2C2CC2)c1. The molecule has 1 N–H and O–H groups in total. The van der Waals surface area contributed by atoms with Crippen molar-refractivity contribution in [2.75, 3.05) is 5.32 Å². The summed E-state index contributed by atoms with van der Waals surface area (Å²) in [6.45, 7) is 1.73. The Bertz CT molecular complexity index is 1120. The van der Waals surface area contributed by atoms with Gasteiger partial charge in [-0.25, -0.2) is 4.39 Å². The third kappa shape index (κ3) is 4.65. The van der Waals surface area contributed by atoms with E-state index in [2.05, 4.69) is 30.1 Å². The first kappa shape index (κ1) is 19.6. The number of anilines is 1. The number of rotatable bonds is 7. The van der Waals surface area contributed by atoms with Gasteiger partial charge in [-0.2, -0.15) is 0 Å². The number of aliphatic imine (C=N–C) groups is 1. The number of hydrogen-bond acceptors (Lipinski definition) is 5. The quantitative estimate of drug-likeness (QED) is 0.477. The fourth-order valence-electron chi connectivity index (χ4n) is 3.13. The second-order valence-corrected chi connectivity index (χ2v) is 7.02. The molecule has 1 aliphatic rings. The summed E-state index contributed by atoms with van der Waals surface area (Å²) in [4.78, 5) is 20.7. The minimum atomic E-state index is -0.415. The van der Waals surface area contributed by atoms with Crippen LogP contribution in [0.3, 0.4) is 0 Å². The summed E-state index contributed by atoms with van der Waals surface area (Å²) < 4.78 is 15.4. The zero-order valence-electron chi connectivity index (χ0n) is 16.5. The number of nitrogens with zero attached hydrogens (tertiary/aromatic N) is 5. The topological polar surface area (TPSA) is 85.1 Å². The molecule has 2 heterocycles. The van der Waals surface area contributed by atoms with Gasteiger partial charge in [0, 0.05) is 29.7 Å². The number of halogens is 1. The van der Waals surface area contributed by atoms with E-state index in [1.165, 1.54) is 6.07 Å². The summed E-state index contributed by atoms with van der Waals surface area (Å²) in [5.74, 6) is 0.0228. The van der Waals surface area contributed by atoms with Crippen molar-refractivity contribution in [2.24, 2.45) is 4.99 Å². The Labute approximate surface area is 173 Å². The summed E-state index contributed by atoms with van der Waals surface area (Å²) in [6.07, 6.45) is 10.2. The minimum Gasteiger partial charge on any atom is -0.321 e. The van der Waals surface area contributed by atoms with Gasteiger partial charge < -0.3 is 9.88 Å². The third-order valence-electron chi connectivity index (χ3n) is 4.69. The van der Waals surface area contributed by atoms with Gasteiger partial charge in [-0.15, -0.1) is 10.2 Å². The number of amides is 1. The van der Waals surface area contributed by atoms with E-state index in [1.54, 1.807) is 31.7 Å². The number of carbonyl (C=O) groups is 1. The van der Waals surface area contributed by atoms with Crippen LogP contribution in [0.15, 0.2) is 65.8 Å². The predicted octanol–water partition coefficient (Wildman–Crippen LogP) is 3.97. The lowest BCUT2D eigenvalue weighted by atomic mass is 10.1. The Kier molecular flexibility index (Phi) is 5.74. The molecule has 3 aromatic rings. The van der Waals surface area contributed by atoms with Gasteiger partial charge in [0.05, 0.1) is 6.20 Å². The number of benzene rings is 1. The average molecular weight is 404 g/mol. The molecule has 1 saturated carbocycles. The Balaban J connectivity index is 1.51. The Hall–Kier alpha value is -3.68.